The third kappa shape index (κ3) is 11.2. The van der Waals surface area contributed by atoms with Crippen LogP contribution >= 0.6 is 15.9 Å². The molecule has 5 nitrogen and oxygen atoms in total. The van der Waals surface area contributed by atoms with Crippen LogP contribution in [0.3, 0.4) is 0 Å². The quantitative estimate of drug-likeness (QED) is 0.123. The molecule has 0 radical (unpaired) electrons. The molecule has 33 heavy (non-hydrogen) atoms. The fourth-order valence-electron chi connectivity index (χ4n) is 4.60. The molecular weight excluding hydrogens is 484 g/mol. The van der Waals surface area contributed by atoms with Crippen LogP contribution in [0.15, 0.2) is 42.5 Å². The highest BCUT2D eigenvalue weighted by Gasteiger charge is 2.40. The SMILES string of the molecule is O=C(CCC/C=C\C[C@@H]1[C@@H](CC[C@@H](O)CCc2ccccc2)[C@H](O)C[C@@H]1O)OCCCCBr. The first-order valence-electron chi connectivity index (χ1n) is 12.5. The van der Waals surface area contributed by atoms with Gasteiger partial charge in [-0.3, -0.25) is 4.79 Å². The van der Waals surface area contributed by atoms with Gasteiger partial charge in [-0.2, -0.15) is 0 Å². The minimum absolute atomic E-state index is 0.00511. The molecule has 1 saturated carbocycles. The second-order valence-corrected chi connectivity index (χ2v) is 9.96. The molecule has 0 saturated heterocycles. The van der Waals surface area contributed by atoms with Gasteiger partial charge in [0, 0.05) is 11.8 Å². The van der Waals surface area contributed by atoms with E-state index in [-0.39, 0.29) is 17.8 Å². The molecule has 186 valence electrons. The molecule has 1 aromatic rings. The average Bonchev–Trinajstić information content (AvgIpc) is 3.08. The number of unbranched alkanes of at least 4 members (excludes halogenated alkanes) is 2. The van der Waals surface area contributed by atoms with Gasteiger partial charge in [-0.1, -0.05) is 58.4 Å². The molecular formula is C27H41BrO5. The van der Waals surface area contributed by atoms with E-state index in [1.807, 2.05) is 18.2 Å². The Morgan fingerprint density at radius 3 is 2.58 bits per heavy atom. The summed E-state index contributed by atoms with van der Waals surface area (Å²) >= 11 is 3.36. The Kier molecular flexibility index (Phi) is 13.9. The predicted octanol–water partition coefficient (Wildman–Crippen LogP) is 4.95. The molecule has 1 fully saturated rings. The molecule has 6 heteroatoms. The summed E-state index contributed by atoms with van der Waals surface area (Å²) in [5.41, 5.74) is 1.22. The molecule has 0 spiro atoms. The largest absolute Gasteiger partial charge is 0.466 e. The van der Waals surface area contributed by atoms with E-state index >= 15 is 0 Å². The molecule has 3 N–H and O–H groups in total. The van der Waals surface area contributed by atoms with E-state index < -0.39 is 18.3 Å². The van der Waals surface area contributed by atoms with Crippen molar-refractivity contribution in [2.24, 2.45) is 11.8 Å². The van der Waals surface area contributed by atoms with Crippen molar-refractivity contribution in [1.82, 2.24) is 0 Å². The van der Waals surface area contributed by atoms with E-state index in [4.69, 9.17) is 4.74 Å². The molecule has 1 aliphatic carbocycles. The van der Waals surface area contributed by atoms with Crippen LogP contribution in [0.5, 0.6) is 0 Å². The van der Waals surface area contributed by atoms with E-state index in [1.54, 1.807) is 0 Å². The van der Waals surface area contributed by atoms with E-state index in [2.05, 4.69) is 40.2 Å². The molecule has 0 bridgehead atoms. The number of hydrogen-bond acceptors (Lipinski definition) is 5. The van der Waals surface area contributed by atoms with Crippen molar-refractivity contribution < 1.29 is 24.9 Å². The number of alkyl halides is 1. The van der Waals surface area contributed by atoms with Crippen molar-refractivity contribution in [3.8, 4) is 0 Å². The molecule has 2 rings (SSSR count). The van der Waals surface area contributed by atoms with Crippen molar-refractivity contribution in [2.75, 3.05) is 11.9 Å². The Morgan fingerprint density at radius 1 is 1.06 bits per heavy atom. The van der Waals surface area contributed by atoms with Gasteiger partial charge in [-0.25, -0.2) is 0 Å². The van der Waals surface area contributed by atoms with Crippen LogP contribution in [0.2, 0.25) is 0 Å². The molecule has 0 aliphatic heterocycles. The average molecular weight is 526 g/mol. The number of carbonyl (C=O) groups is 1. The lowest BCUT2D eigenvalue weighted by molar-refractivity contribution is -0.143. The Balaban J connectivity index is 1.65. The van der Waals surface area contributed by atoms with Crippen molar-refractivity contribution in [2.45, 2.75) is 88.9 Å². The number of halogens is 1. The van der Waals surface area contributed by atoms with Gasteiger partial charge in [0.1, 0.15) is 0 Å². The number of esters is 1. The zero-order valence-corrected chi connectivity index (χ0v) is 21.2. The monoisotopic (exact) mass is 524 g/mol. The summed E-state index contributed by atoms with van der Waals surface area (Å²) in [6.45, 7) is 0.491. The summed E-state index contributed by atoms with van der Waals surface area (Å²) in [6.07, 6.45) is 10.6. The second-order valence-electron chi connectivity index (χ2n) is 9.17. The van der Waals surface area contributed by atoms with Crippen LogP contribution in [0.25, 0.3) is 0 Å². The number of hydrogen-bond donors (Lipinski definition) is 3. The van der Waals surface area contributed by atoms with Crippen molar-refractivity contribution in [3.05, 3.63) is 48.0 Å². The number of carbonyl (C=O) groups excluding carboxylic acids is 1. The van der Waals surface area contributed by atoms with E-state index in [0.717, 1.165) is 37.4 Å². The number of rotatable bonds is 16. The maximum Gasteiger partial charge on any atom is 0.305 e. The van der Waals surface area contributed by atoms with Gasteiger partial charge in [-0.15, -0.1) is 0 Å². The van der Waals surface area contributed by atoms with Crippen molar-refractivity contribution in [1.29, 1.82) is 0 Å². The first kappa shape index (κ1) is 28.0. The summed E-state index contributed by atoms with van der Waals surface area (Å²) in [6, 6.07) is 10.1. The van der Waals surface area contributed by atoms with Crippen LogP contribution in [0.1, 0.15) is 69.8 Å². The second kappa shape index (κ2) is 16.4. The highest BCUT2D eigenvalue weighted by atomic mass is 79.9. The van der Waals surface area contributed by atoms with E-state index in [0.29, 0.717) is 45.1 Å². The standard InChI is InChI=1S/C27H41BrO5/c28-18-8-9-19-33-27(32)13-7-2-1-6-12-23-24(26(31)20-25(23)30)17-16-22(29)15-14-21-10-4-3-5-11-21/h1,3-6,10-11,22-26,29-31H,2,7-9,12-20H2/b6-1-/t22-,23+,24+,25-,26+/m0/s1. The van der Waals surface area contributed by atoms with E-state index in [1.165, 1.54) is 5.56 Å². The Bertz CT molecular complexity index is 680. The van der Waals surface area contributed by atoms with Gasteiger partial charge < -0.3 is 20.1 Å². The van der Waals surface area contributed by atoms with Gasteiger partial charge in [0.25, 0.3) is 0 Å². The summed E-state index contributed by atoms with van der Waals surface area (Å²) < 4.78 is 5.20. The number of aryl methyl sites for hydroxylation is 1. The predicted molar refractivity (Wildman–Crippen MR) is 135 cm³/mol. The third-order valence-electron chi connectivity index (χ3n) is 6.58. The van der Waals surface area contributed by atoms with Crippen molar-refractivity contribution >= 4 is 21.9 Å². The molecule has 0 unspecified atom stereocenters. The highest BCUT2D eigenvalue weighted by molar-refractivity contribution is 9.09. The lowest BCUT2D eigenvalue weighted by atomic mass is 9.85. The summed E-state index contributed by atoms with van der Waals surface area (Å²) in [5, 5.41) is 32.2. The van der Waals surface area contributed by atoms with Crippen LogP contribution in [0, 0.1) is 11.8 Å². The summed E-state index contributed by atoms with van der Waals surface area (Å²) in [5.74, 6) is -0.124. The Morgan fingerprint density at radius 2 is 1.82 bits per heavy atom. The van der Waals surface area contributed by atoms with Crippen LogP contribution < -0.4 is 0 Å². The molecule has 0 aromatic heterocycles. The lowest BCUT2D eigenvalue weighted by Crippen LogP contribution is -2.23. The number of aliphatic hydroxyl groups is 3. The minimum atomic E-state index is -0.515. The smallest absolute Gasteiger partial charge is 0.305 e. The number of aliphatic hydroxyl groups excluding tert-OH is 3. The van der Waals surface area contributed by atoms with E-state index in [9.17, 15) is 20.1 Å². The number of ether oxygens (including phenoxy) is 1. The van der Waals surface area contributed by atoms with Crippen LogP contribution in [-0.4, -0.2) is 51.5 Å². The zero-order chi connectivity index (χ0) is 23.9. The van der Waals surface area contributed by atoms with Gasteiger partial charge in [0.05, 0.1) is 24.9 Å². The highest BCUT2D eigenvalue weighted by Crippen LogP contribution is 2.38. The van der Waals surface area contributed by atoms with Gasteiger partial charge in [0.2, 0.25) is 0 Å². The molecule has 1 aromatic carbocycles. The van der Waals surface area contributed by atoms with Crippen LogP contribution in [-0.2, 0) is 16.0 Å². The fraction of sp³-hybridized carbons (Fsp3) is 0.667. The lowest BCUT2D eigenvalue weighted by Gasteiger charge is -2.23. The summed E-state index contributed by atoms with van der Waals surface area (Å²) in [7, 11) is 0. The molecule has 5 atom stereocenters. The summed E-state index contributed by atoms with van der Waals surface area (Å²) in [4.78, 5) is 11.7. The van der Waals surface area contributed by atoms with Crippen molar-refractivity contribution in [3.63, 3.8) is 0 Å². The topological polar surface area (TPSA) is 87.0 Å². The normalized spacial score (nSPS) is 23.8. The van der Waals surface area contributed by atoms with Crippen LogP contribution in [0.4, 0.5) is 0 Å². The Labute approximate surface area is 207 Å². The molecule has 0 heterocycles. The number of allylic oxidation sites excluding steroid dienone is 2. The maximum atomic E-state index is 11.7. The first-order valence-corrected chi connectivity index (χ1v) is 13.6. The number of benzene rings is 1. The molecule has 0 amide bonds. The molecule has 1 aliphatic rings. The zero-order valence-electron chi connectivity index (χ0n) is 19.7. The van der Waals surface area contributed by atoms with Gasteiger partial charge in [0.15, 0.2) is 0 Å². The Hall–Kier alpha value is -1.21. The fourth-order valence-corrected chi connectivity index (χ4v) is 5.00. The van der Waals surface area contributed by atoms with Gasteiger partial charge in [-0.05, 0) is 81.6 Å². The minimum Gasteiger partial charge on any atom is -0.466 e. The third-order valence-corrected chi connectivity index (χ3v) is 7.14. The maximum absolute atomic E-state index is 11.7. The first-order chi connectivity index (χ1) is 16.0. The van der Waals surface area contributed by atoms with Gasteiger partial charge >= 0.3 is 5.97 Å².